The zero-order valence-electron chi connectivity index (χ0n) is 21.2. The average Bonchev–Trinajstić information content (AvgIpc) is 2.90. The fourth-order valence-corrected chi connectivity index (χ4v) is 4.38. The third kappa shape index (κ3) is 6.91. The van der Waals surface area contributed by atoms with Gasteiger partial charge in [0.05, 0.1) is 12.0 Å². The highest BCUT2D eigenvalue weighted by atomic mass is 16.7. The number of aryl methyl sites for hydroxylation is 1. The van der Waals surface area contributed by atoms with Gasteiger partial charge in [-0.05, 0) is 37.5 Å². The number of allylic oxidation sites excluding steroid dienone is 1. The Morgan fingerprint density at radius 3 is 1.97 bits per heavy atom. The molecule has 7 nitrogen and oxygen atoms in total. The van der Waals surface area contributed by atoms with Gasteiger partial charge in [0.15, 0.2) is 0 Å². The van der Waals surface area contributed by atoms with E-state index < -0.39 is 24.3 Å². The molecule has 0 radical (unpaired) electrons. The second-order valence-electron chi connectivity index (χ2n) is 9.05. The van der Waals surface area contributed by atoms with Gasteiger partial charge in [-0.1, -0.05) is 90.5 Å². The van der Waals surface area contributed by atoms with Gasteiger partial charge in [-0.25, -0.2) is 9.59 Å². The van der Waals surface area contributed by atoms with Gasteiger partial charge in [0.25, 0.3) is 0 Å². The zero-order chi connectivity index (χ0) is 26.2. The molecule has 37 heavy (non-hydrogen) atoms. The van der Waals surface area contributed by atoms with Crippen molar-refractivity contribution in [1.29, 1.82) is 0 Å². The first-order valence-corrected chi connectivity index (χ1v) is 12.2. The van der Waals surface area contributed by atoms with Gasteiger partial charge in [-0.15, -0.1) is 0 Å². The zero-order valence-corrected chi connectivity index (χ0v) is 21.2. The normalized spacial score (nSPS) is 18.9. The van der Waals surface area contributed by atoms with Crippen LogP contribution in [-0.2, 0) is 32.2 Å². The van der Waals surface area contributed by atoms with Gasteiger partial charge < -0.3 is 24.3 Å². The van der Waals surface area contributed by atoms with E-state index in [2.05, 4.69) is 5.32 Å². The lowest BCUT2D eigenvalue weighted by Crippen LogP contribution is -2.48. The number of hydrogen-bond donors (Lipinski definition) is 1. The van der Waals surface area contributed by atoms with Crippen LogP contribution < -0.4 is 5.32 Å². The summed E-state index contributed by atoms with van der Waals surface area (Å²) < 4.78 is 22.3. The van der Waals surface area contributed by atoms with Crippen molar-refractivity contribution in [3.63, 3.8) is 0 Å². The van der Waals surface area contributed by atoms with E-state index in [1.807, 2.05) is 106 Å². The lowest BCUT2D eigenvalue weighted by molar-refractivity contribution is -0.00995. The maximum Gasteiger partial charge on any atom is 0.513 e. The molecule has 1 N–H and O–H groups in total. The lowest BCUT2D eigenvalue weighted by Gasteiger charge is -2.38. The van der Waals surface area contributed by atoms with Crippen LogP contribution in [-0.4, -0.2) is 24.5 Å². The predicted molar refractivity (Wildman–Crippen MR) is 138 cm³/mol. The van der Waals surface area contributed by atoms with E-state index in [0.717, 1.165) is 22.3 Å². The Morgan fingerprint density at radius 1 is 0.784 bits per heavy atom. The van der Waals surface area contributed by atoms with Crippen LogP contribution in [0.3, 0.4) is 0 Å². The van der Waals surface area contributed by atoms with Gasteiger partial charge >= 0.3 is 12.3 Å². The van der Waals surface area contributed by atoms with Crippen molar-refractivity contribution in [3.8, 4) is 0 Å². The van der Waals surface area contributed by atoms with E-state index in [1.165, 1.54) is 0 Å². The molecule has 0 aromatic heterocycles. The van der Waals surface area contributed by atoms with Gasteiger partial charge in [0.2, 0.25) is 0 Å². The van der Waals surface area contributed by atoms with E-state index in [0.29, 0.717) is 11.5 Å². The topological polar surface area (TPSA) is 83.1 Å². The second-order valence-corrected chi connectivity index (χ2v) is 9.05. The minimum atomic E-state index is -0.836. The molecule has 3 aromatic carbocycles. The fraction of sp³-hybridized carbons (Fsp3) is 0.267. The van der Waals surface area contributed by atoms with Crippen LogP contribution in [0, 0.1) is 6.92 Å². The minimum absolute atomic E-state index is 0.0800. The van der Waals surface area contributed by atoms with Crippen molar-refractivity contribution in [3.05, 3.63) is 119 Å². The Hall–Kier alpha value is -4.26. The molecule has 4 rings (SSSR count). The van der Waals surface area contributed by atoms with E-state index in [-0.39, 0.29) is 19.3 Å². The molecule has 7 heteroatoms. The van der Waals surface area contributed by atoms with Crippen LogP contribution in [0.4, 0.5) is 9.59 Å². The summed E-state index contributed by atoms with van der Waals surface area (Å²) in [5.41, 5.74) is 4.23. The smallest absolute Gasteiger partial charge is 0.429 e. The molecule has 0 bridgehead atoms. The molecule has 3 unspecified atom stereocenters. The number of rotatable bonds is 7. The summed E-state index contributed by atoms with van der Waals surface area (Å²) in [7, 11) is 0. The van der Waals surface area contributed by atoms with Crippen molar-refractivity contribution in [2.24, 2.45) is 0 Å². The predicted octanol–water partition coefficient (Wildman–Crippen LogP) is 6.38. The number of carbonyl (C=O) groups is 2. The van der Waals surface area contributed by atoms with Crippen LogP contribution >= 0.6 is 0 Å². The highest BCUT2D eigenvalue weighted by molar-refractivity contribution is 5.63. The highest BCUT2D eigenvalue weighted by Crippen LogP contribution is 2.38. The minimum Gasteiger partial charge on any atom is -0.429 e. The summed E-state index contributed by atoms with van der Waals surface area (Å²) in [6.45, 7) is 5.88. The largest absolute Gasteiger partial charge is 0.513 e. The maximum atomic E-state index is 12.7. The molecule has 3 aromatic rings. The monoisotopic (exact) mass is 501 g/mol. The lowest BCUT2D eigenvalue weighted by atomic mass is 9.84. The molecule has 0 aliphatic carbocycles. The van der Waals surface area contributed by atoms with Crippen molar-refractivity contribution in [2.75, 3.05) is 0 Å². The van der Waals surface area contributed by atoms with Gasteiger partial charge in [0, 0.05) is 5.70 Å². The number of nitrogens with one attached hydrogen (secondary N) is 1. The maximum absolute atomic E-state index is 12.7. The van der Waals surface area contributed by atoms with Crippen molar-refractivity contribution < 1.29 is 28.5 Å². The van der Waals surface area contributed by atoms with Crippen molar-refractivity contribution in [1.82, 2.24) is 5.32 Å². The van der Waals surface area contributed by atoms with Crippen LogP contribution in [0.2, 0.25) is 0 Å². The van der Waals surface area contributed by atoms with Gasteiger partial charge in [0.1, 0.15) is 25.1 Å². The van der Waals surface area contributed by atoms with E-state index >= 15 is 0 Å². The molecule has 0 saturated heterocycles. The number of ether oxygens (including phenoxy) is 4. The summed E-state index contributed by atoms with van der Waals surface area (Å²) in [6.07, 6.45) is -2.34. The van der Waals surface area contributed by atoms with Crippen LogP contribution in [0.1, 0.15) is 42.0 Å². The summed E-state index contributed by atoms with van der Waals surface area (Å²) in [5, 5.41) is 3.27. The average molecular weight is 502 g/mol. The molecule has 192 valence electrons. The fourth-order valence-electron chi connectivity index (χ4n) is 4.38. The van der Waals surface area contributed by atoms with Crippen LogP contribution in [0.15, 0.2) is 96.4 Å². The first-order chi connectivity index (χ1) is 17.9. The Morgan fingerprint density at radius 2 is 1.38 bits per heavy atom. The van der Waals surface area contributed by atoms with Crippen molar-refractivity contribution >= 4 is 12.3 Å². The molecular weight excluding hydrogens is 470 g/mol. The Balaban J connectivity index is 1.53. The first-order valence-electron chi connectivity index (χ1n) is 12.2. The molecule has 0 fully saturated rings. The molecule has 0 spiro atoms. The standard InChI is InChI=1S/C30H31NO6/c1-20-11-10-16-25(17-20)26-27(36-29(32)34-18-23-12-6-4-7-13-23)21(2)31-22(3)28(26)37-30(33)35-19-24-14-8-5-9-15-24/h4-17,21,26-27,31H,18-19H2,1-3H3. The van der Waals surface area contributed by atoms with Crippen LogP contribution in [0.5, 0.6) is 0 Å². The number of carbonyl (C=O) groups excluding carboxylic acids is 2. The molecular formula is C30H31NO6. The third-order valence-corrected chi connectivity index (χ3v) is 6.14. The van der Waals surface area contributed by atoms with Gasteiger partial charge in [-0.3, -0.25) is 0 Å². The molecule has 0 amide bonds. The quantitative estimate of drug-likeness (QED) is 0.376. The Kier molecular flexibility index (Phi) is 8.46. The Bertz CT molecular complexity index is 1240. The van der Waals surface area contributed by atoms with E-state index in [1.54, 1.807) is 0 Å². The molecule has 0 saturated carbocycles. The van der Waals surface area contributed by atoms with Gasteiger partial charge in [-0.2, -0.15) is 0 Å². The number of hydrogen-bond acceptors (Lipinski definition) is 7. The van der Waals surface area contributed by atoms with Crippen LogP contribution in [0.25, 0.3) is 0 Å². The third-order valence-electron chi connectivity index (χ3n) is 6.14. The summed E-state index contributed by atoms with van der Waals surface area (Å²) in [6, 6.07) is 26.3. The molecule has 1 aliphatic heterocycles. The molecule has 1 aliphatic rings. The molecule has 1 heterocycles. The first kappa shape index (κ1) is 25.8. The van der Waals surface area contributed by atoms with E-state index in [4.69, 9.17) is 18.9 Å². The summed E-state index contributed by atoms with van der Waals surface area (Å²) >= 11 is 0. The summed E-state index contributed by atoms with van der Waals surface area (Å²) in [5.74, 6) is -0.215. The SMILES string of the molecule is CC1=C(OC(=O)OCc2ccccc2)C(c2cccc(C)c2)C(OC(=O)OCc2ccccc2)C(C)N1. The van der Waals surface area contributed by atoms with E-state index in [9.17, 15) is 9.59 Å². The highest BCUT2D eigenvalue weighted by Gasteiger charge is 2.41. The van der Waals surface area contributed by atoms with Crippen molar-refractivity contribution in [2.45, 2.75) is 52.0 Å². The second kappa shape index (κ2) is 12.1. The summed E-state index contributed by atoms with van der Waals surface area (Å²) in [4.78, 5) is 25.4. The molecule has 3 atom stereocenters. The number of benzene rings is 3. The Labute approximate surface area is 217 Å².